The van der Waals surface area contributed by atoms with E-state index in [9.17, 15) is 23.5 Å². The Bertz CT molecular complexity index is 548. The molecular weight excluding hydrogens is 280 g/mol. The summed E-state index contributed by atoms with van der Waals surface area (Å²) in [5, 5.41) is 11.9. The lowest BCUT2D eigenvalue weighted by molar-refractivity contribution is -0.142. The number of carboxylic acids is 1. The normalized spacial score (nSPS) is 22.4. The summed E-state index contributed by atoms with van der Waals surface area (Å²) >= 11 is 0. The molecular formula is C15H17F2NO3. The molecule has 2 N–H and O–H groups in total. The van der Waals surface area contributed by atoms with E-state index in [-0.39, 0.29) is 5.56 Å². The molecule has 1 aromatic carbocycles. The lowest BCUT2D eigenvalue weighted by Gasteiger charge is -2.22. The third kappa shape index (κ3) is 3.77. The van der Waals surface area contributed by atoms with Gasteiger partial charge in [-0.1, -0.05) is 19.3 Å². The van der Waals surface area contributed by atoms with Crippen molar-refractivity contribution >= 4 is 11.9 Å². The SMILES string of the molecule is O=C(NC1CCCCCC1C(=O)O)c1ccc(F)c(F)c1. The van der Waals surface area contributed by atoms with Crippen LogP contribution < -0.4 is 5.32 Å². The number of hydrogen-bond acceptors (Lipinski definition) is 2. The molecule has 1 saturated carbocycles. The molecule has 21 heavy (non-hydrogen) atoms. The van der Waals surface area contributed by atoms with E-state index >= 15 is 0 Å². The van der Waals surface area contributed by atoms with E-state index in [1.165, 1.54) is 6.07 Å². The van der Waals surface area contributed by atoms with Crippen molar-refractivity contribution in [1.82, 2.24) is 5.32 Å². The predicted octanol–water partition coefficient (Wildman–Crippen LogP) is 2.73. The van der Waals surface area contributed by atoms with Crippen LogP contribution in [0.5, 0.6) is 0 Å². The number of carboxylic acid groups (broad SMARTS) is 1. The monoisotopic (exact) mass is 297 g/mol. The first kappa shape index (κ1) is 15.4. The van der Waals surface area contributed by atoms with Gasteiger partial charge in [0.2, 0.25) is 0 Å². The van der Waals surface area contributed by atoms with E-state index in [1.54, 1.807) is 0 Å². The maximum Gasteiger partial charge on any atom is 0.308 e. The second kappa shape index (κ2) is 6.65. The third-order valence-corrected chi connectivity index (χ3v) is 3.83. The number of carbonyl (C=O) groups excluding carboxylic acids is 1. The Morgan fingerprint density at radius 3 is 2.48 bits per heavy atom. The Morgan fingerprint density at radius 1 is 1.10 bits per heavy atom. The molecule has 0 radical (unpaired) electrons. The molecule has 0 bridgehead atoms. The number of halogens is 2. The van der Waals surface area contributed by atoms with Crippen molar-refractivity contribution in [2.45, 2.75) is 38.1 Å². The van der Waals surface area contributed by atoms with Crippen molar-refractivity contribution in [1.29, 1.82) is 0 Å². The third-order valence-electron chi connectivity index (χ3n) is 3.83. The first-order chi connectivity index (χ1) is 9.99. The zero-order chi connectivity index (χ0) is 15.4. The molecule has 1 amide bonds. The lowest BCUT2D eigenvalue weighted by Crippen LogP contribution is -2.42. The summed E-state index contributed by atoms with van der Waals surface area (Å²) in [4.78, 5) is 23.3. The molecule has 0 saturated heterocycles. The summed E-state index contributed by atoms with van der Waals surface area (Å²) in [6, 6.07) is 2.40. The molecule has 114 valence electrons. The van der Waals surface area contributed by atoms with Crippen LogP contribution in [-0.4, -0.2) is 23.0 Å². The number of hydrogen-bond donors (Lipinski definition) is 2. The highest BCUT2D eigenvalue weighted by molar-refractivity contribution is 5.94. The second-order valence-electron chi connectivity index (χ2n) is 5.29. The average Bonchev–Trinajstić information content (AvgIpc) is 2.67. The van der Waals surface area contributed by atoms with Gasteiger partial charge in [0.15, 0.2) is 11.6 Å². The van der Waals surface area contributed by atoms with Gasteiger partial charge in [0.05, 0.1) is 5.92 Å². The first-order valence-electron chi connectivity index (χ1n) is 6.98. The highest BCUT2D eigenvalue weighted by Gasteiger charge is 2.30. The van der Waals surface area contributed by atoms with E-state index < -0.39 is 35.5 Å². The van der Waals surface area contributed by atoms with Crippen LogP contribution in [0.3, 0.4) is 0 Å². The fraction of sp³-hybridized carbons (Fsp3) is 0.467. The molecule has 0 aromatic heterocycles. The minimum Gasteiger partial charge on any atom is -0.481 e. The molecule has 0 heterocycles. The molecule has 2 atom stereocenters. The summed E-state index contributed by atoms with van der Waals surface area (Å²) in [7, 11) is 0. The maximum atomic E-state index is 13.1. The van der Waals surface area contributed by atoms with Crippen molar-refractivity contribution in [3.05, 3.63) is 35.4 Å². The quantitative estimate of drug-likeness (QED) is 0.843. The maximum absolute atomic E-state index is 13.1. The van der Waals surface area contributed by atoms with Crippen LogP contribution in [0.4, 0.5) is 8.78 Å². The van der Waals surface area contributed by atoms with Crippen LogP contribution in [-0.2, 0) is 4.79 Å². The van der Waals surface area contributed by atoms with Gasteiger partial charge in [-0.15, -0.1) is 0 Å². The minimum absolute atomic E-state index is 0.0118. The molecule has 0 aliphatic heterocycles. The van der Waals surface area contributed by atoms with Crippen molar-refractivity contribution in [2.24, 2.45) is 5.92 Å². The van der Waals surface area contributed by atoms with Crippen molar-refractivity contribution in [3.8, 4) is 0 Å². The fourth-order valence-corrected chi connectivity index (χ4v) is 2.67. The molecule has 0 spiro atoms. The highest BCUT2D eigenvalue weighted by atomic mass is 19.2. The van der Waals surface area contributed by atoms with Gasteiger partial charge in [0.1, 0.15) is 0 Å². The first-order valence-corrected chi connectivity index (χ1v) is 6.98. The van der Waals surface area contributed by atoms with Gasteiger partial charge < -0.3 is 10.4 Å². The van der Waals surface area contributed by atoms with E-state index in [0.29, 0.717) is 12.8 Å². The summed E-state index contributed by atoms with van der Waals surface area (Å²) < 4.78 is 26.0. The standard InChI is InChI=1S/C15H17F2NO3/c16-11-7-6-9(8-12(11)17)14(19)18-13-5-3-1-2-4-10(13)15(20)21/h6-8,10,13H,1-5H2,(H,18,19)(H,20,21). The number of carbonyl (C=O) groups is 2. The summed E-state index contributed by atoms with van der Waals surface area (Å²) in [6.07, 6.45) is 3.67. The molecule has 6 heteroatoms. The van der Waals surface area contributed by atoms with Gasteiger partial charge in [0.25, 0.3) is 5.91 Å². The number of rotatable bonds is 3. The molecule has 2 rings (SSSR count). The second-order valence-corrected chi connectivity index (χ2v) is 5.29. The van der Waals surface area contributed by atoms with E-state index in [0.717, 1.165) is 31.4 Å². The zero-order valence-corrected chi connectivity index (χ0v) is 11.4. The molecule has 4 nitrogen and oxygen atoms in total. The lowest BCUT2D eigenvalue weighted by atomic mass is 9.94. The Balaban J connectivity index is 2.12. The Labute approximate surface area is 121 Å². The van der Waals surface area contributed by atoms with Crippen molar-refractivity contribution < 1.29 is 23.5 Å². The molecule has 1 aliphatic carbocycles. The Hall–Kier alpha value is -1.98. The van der Waals surface area contributed by atoms with E-state index in [1.807, 2.05) is 0 Å². The van der Waals surface area contributed by atoms with Gasteiger partial charge in [-0.05, 0) is 31.0 Å². The highest BCUT2D eigenvalue weighted by Crippen LogP contribution is 2.24. The van der Waals surface area contributed by atoms with E-state index in [2.05, 4.69) is 5.32 Å². The predicted molar refractivity (Wildman–Crippen MR) is 71.8 cm³/mol. The zero-order valence-electron chi connectivity index (χ0n) is 11.4. The van der Waals surface area contributed by atoms with Gasteiger partial charge in [-0.3, -0.25) is 9.59 Å². The summed E-state index contributed by atoms with van der Waals surface area (Å²) in [5.74, 6) is -4.27. The Morgan fingerprint density at radius 2 is 1.81 bits per heavy atom. The van der Waals surface area contributed by atoms with Gasteiger partial charge in [-0.2, -0.15) is 0 Å². The average molecular weight is 297 g/mol. The van der Waals surface area contributed by atoms with Crippen LogP contribution in [0.15, 0.2) is 18.2 Å². The topological polar surface area (TPSA) is 66.4 Å². The van der Waals surface area contributed by atoms with Crippen LogP contribution in [0, 0.1) is 17.6 Å². The summed E-state index contributed by atoms with van der Waals surface area (Å²) in [6.45, 7) is 0. The smallest absolute Gasteiger partial charge is 0.308 e. The number of amides is 1. The minimum atomic E-state index is -1.10. The van der Waals surface area contributed by atoms with Gasteiger partial charge >= 0.3 is 5.97 Å². The van der Waals surface area contributed by atoms with Crippen LogP contribution in [0.1, 0.15) is 42.5 Å². The largest absolute Gasteiger partial charge is 0.481 e. The van der Waals surface area contributed by atoms with Crippen molar-refractivity contribution in [2.75, 3.05) is 0 Å². The number of nitrogens with one attached hydrogen (secondary N) is 1. The van der Waals surface area contributed by atoms with Crippen LogP contribution in [0.2, 0.25) is 0 Å². The molecule has 1 fully saturated rings. The van der Waals surface area contributed by atoms with E-state index in [4.69, 9.17) is 0 Å². The summed E-state index contributed by atoms with van der Waals surface area (Å²) in [5.41, 5.74) is -0.0118. The van der Waals surface area contributed by atoms with Gasteiger partial charge in [0, 0.05) is 11.6 Å². The fourth-order valence-electron chi connectivity index (χ4n) is 2.67. The van der Waals surface area contributed by atoms with Crippen molar-refractivity contribution in [3.63, 3.8) is 0 Å². The molecule has 2 unspecified atom stereocenters. The Kier molecular flexibility index (Phi) is 4.88. The number of benzene rings is 1. The molecule has 1 aliphatic rings. The van der Waals surface area contributed by atoms with Crippen LogP contribution >= 0.6 is 0 Å². The molecule has 1 aromatic rings. The number of aliphatic carboxylic acids is 1. The van der Waals surface area contributed by atoms with Gasteiger partial charge in [-0.25, -0.2) is 8.78 Å². The van der Waals surface area contributed by atoms with Crippen LogP contribution in [0.25, 0.3) is 0 Å².